The lowest BCUT2D eigenvalue weighted by atomic mass is 10.00. The quantitative estimate of drug-likeness (QED) is 0.699. The fraction of sp³-hybridized carbons (Fsp3) is 0.652. The van der Waals surface area contributed by atoms with Crippen molar-refractivity contribution in [3.05, 3.63) is 23.1 Å². The number of hydrogen-bond donors (Lipinski definition) is 0. The van der Waals surface area contributed by atoms with E-state index >= 15 is 0 Å². The first-order valence-electron chi connectivity index (χ1n) is 11.2. The number of anilines is 1. The lowest BCUT2D eigenvalue weighted by Crippen LogP contribution is -2.31. The van der Waals surface area contributed by atoms with Crippen LogP contribution in [0.2, 0.25) is 0 Å². The minimum atomic E-state index is -0.0393. The molecule has 2 fully saturated rings. The van der Waals surface area contributed by atoms with E-state index in [2.05, 4.69) is 10.1 Å². The highest BCUT2D eigenvalue weighted by Crippen LogP contribution is 2.39. The van der Waals surface area contributed by atoms with Crippen molar-refractivity contribution in [2.24, 2.45) is 5.92 Å². The van der Waals surface area contributed by atoms with Gasteiger partial charge >= 0.3 is 0 Å². The van der Waals surface area contributed by atoms with Gasteiger partial charge in [0.2, 0.25) is 11.9 Å². The van der Waals surface area contributed by atoms with Crippen LogP contribution in [0, 0.1) is 19.8 Å². The molecule has 3 heterocycles. The molecule has 0 radical (unpaired) electrons. The van der Waals surface area contributed by atoms with Crippen molar-refractivity contribution >= 4 is 11.9 Å². The van der Waals surface area contributed by atoms with Gasteiger partial charge in [-0.05, 0) is 39.0 Å². The summed E-state index contributed by atoms with van der Waals surface area (Å²) >= 11 is 0. The van der Waals surface area contributed by atoms with E-state index in [1.165, 1.54) is 25.7 Å². The molecular weight excluding hydrogens is 378 g/mol. The maximum absolute atomic E-state index is 13.2. The Kier molecular flexibility index (Phi) is 6.06. The van der Waals surface area contributed by atoms with Crippen molar-refractivity contribution in [1.82, 2.24) is 20.0 Å². The molecule has 162 valence electrons. The van der Waals surface area contributed by atoms with Gasteiger partial charge in [0.15, 0.2) is 5.76 Å². The SMILES string of the molecule is Cc1noc(-c2cnc(N(C)C)nc2C2CCCN2C(=O)CCC2CCCC2)c1C. The van der Waals surface area contributed by atoms with E-state index in [1.807, 2.05) is 43.9 Å². The molecule has 2 aromatic rings. The van der Waals surface area contributed by atoms with Crippen LogP contribution in [0.3, 0.4) is 0 Å². The number of nitrogens with zero attached hydrogens (tertiary/aromatic N) is 5. The summed E-state index contributed by atoms with van der Waals surface area (Å²) in [6.45, 7) is 4.73. The van der Waals surface area contributed by atoms with Gasteiger partial charge < -0.3 is 14.3 Å². The summed E-state index contributed by atoms with van der Waals surface area (Å²) in [5, 5.41) is 4.12. The first kappa shape index (κ1) is 20.8. The molecule has 7 nitrogen and oxygen atoms in total. The van der Waals surface area contributed by atoms with E-state index in [4.69, 9.17) is 9.51 Å². The normalized spacial score (nSPS) is 19.6. The van der Waals surface area contributed by atoms with Crippen molar-refractivity contribution in [2.45, 2.75) is 71.3 Å². The molecule has 0 aromatic carbocycles. The molecule has 0 N–H and O–H groups in total. The molecule has 1 aliphatic heterocycles. The number of hydrogen-bond acceptors (Lipinski definition) is 6. The number of aromatic nitrogens is 3. The van der Waals surface area contributed by atoms with Crippen LogP contribution in [0.5, 0.6) is 0 Å². The molecule has 1 aliphatic carbocycles. The van der Waals surface area contributed by atoms with Crippen molar-refractivity contribution < 1.29 is 9.32 Å². The molecule has 0 spiro atoms. The average molecular weight is 412 g/mol. The molecule has 2 aromatic heterocycles. The van der Waals surface area contributed by atoms with Crippen molar-refractivity contribution in [1.29, 1.82) is 0 Å². The minimum Gasteiger partial charge on any atom is -0.356 e. The van der Waals surface area contributed by atoms with E-state index in [1.54, 1.807) is 0 Å². The van der Waals surface area contributed by atoms with Crippen LogP contribution in [0.25, 0.3) is 11.3 Å². The van der Waals surface area contributed by atoms with E-state index in [9.17, 15) is 4.79 Å². The largest absolute Gasteiger partial charge is 0.356 e. The van der Waals surface area contributed by atoms with Gasteiger partial charge in [0.25, 0.3) is 0 Å². The molecule has 2 aliphatic rings. The smallest absolute Gasteiger partial charge is 0.225 e. The van der Waals surface area contributed by atoms with Crippen LogP contribution in [-0.2, 0) is 4.79 Å². The molecule has 1 amide bonds. The Bertz CT molecular complexity index is 901. The van der Waals surface area contributed by atoms with E-state index in [-0.39, 0.29) is 11.9 Å². The maximum Gasteiger partial charge on any atom is 0.225 e. The Labute approximate surface area is 178 Å². The van der Waals surface area contributed by atoms with Gasteiger partial charge in [-0.15, -0.1) is 0 Å². The van der Waals surface area contributed by atoms with E-state index in [0.717, 1.165) is 54.2 Å². The van der Waals surface area contributed by atoms with Gasteiger partial charge in [-0.25, -0.2) is 9.97 Å². The number of carbonyl (C=O) groups excluding carboxylic acids is 1. The number of aryl methyl sites for hydroxylation is 1. The molecule has 7 heteroatoms. The van der Waals surface area contributed by atoms with Gasteiger partial charge in [-0.3, -0.25) is 4.79 Å². The topological polar surface area (TPSA) is 75.4 Å². The maximum atomic E-state index is 13.2. The van der Waals surface area contributed by atoms with Gasteiger partial charge in [-0.2, -0.15) is 0 Å². The second-order valence-electron chi connectivity index (χ2n) is 9.02. The zero-order chi connectivity index (χ0) is 21.3. The lowest BCUT2D eigenvalue weighted by molar-refractivity contribution is -0.132. The van der Waals surface area contributed by atoms with Crippen LogP contribution >= 0.6 is 0 Å². The Morgan fingerprint density at radius 2 is 1.97 bits per heavy atom. The van der Waals surface area contributed by atoms with Gasteiger partial charge in [0.05, 0.1) is 23.0 Å². The molecule has 1 atom stereocenters. The average Bonchev–Trinajstić information content (AvgIpc) is 3.48. The predicted octanol–water partition coefficient (Wildman–Crippen LogP) is 4.45. The fourth-order valence-corrected chi connectivity index (χ4v) is 4.82. The zero-order valence-electron chi connectivity index (χ0n) is 18.6. The Morgan fingerprint density at radius 1 is 1.20 bits per heavy atom. The molecule has 1 saturated heterocycles. The monoisotopic (exact) mass is 411 g/mol. The number of amides is 1. The summed E-state index contributed by atoms with van der Waals surface area (Å²) in [6, 6.07) is -0.0393. The molecule has 1 unspecified atom stereocenters. The van der Waals surface area contributed by atoms with Crippen LogP contribution in [-0.4, -0.2) is 46.6 Å². The highest BCUT2D eigenvalue weighted by atomic mass is 16.5. The molecule has 30 heavy (non-hydrogen) atoms. The third-order valence-corrected chi connectivity index (χ3v) is 6.74. The van der Waals surface area contributed by atoms with Gasteiger partial charge in [0, 0.05) is 38.8 Å². The van der Waals surface area contributed by atoms with Crippen molar-refractivity contribution in [3.8, 4) is 11.3 Å². The van der Waals surface area contributed by atoms with Gasteiger partial charge in [0.1, 0.15) is 0 Å². The van der Waals surface area contributed by atoms with Crippen LogP contribution < -0.4 is 4.90 Å². The number of carbonyl (C=O) groups is 1. The second kappa shape index (κ2) is 8.74. The summed E-state index contributed by atoms with van der Waals surface area (Å²) in [6.07, 6.45) is 10.6. The first-order chi connectivity index (χ1) is 14.5. The molecule has 1 saturated carbocycles. The lowest BCUT2D eigenvalue weighted by Gasteiger charge is -2.27. The van der Waals surface area contributed by atoms with Crippen molar-refractivity contribution in [2.75, 3.05) is 25.5 Å². The van der Waals surface area contributed by atoms with Crippen LogP contribution in [0.15, 0.2) is 10.7 Å². The molecule has 0 bridgehead atoms. The highest BCUT2D eigenvalue weighted by molar-refractivity contribution is 5.77. The molecule has 4 rings (SSSR count). The minimum absolute atomic E-state index is 0.0393. The zero-order valence-corrected chi connectivity index (χ0v) is 18.6. The molecular formula is C23H33N5O2. The summed E-state index contributed by atoms with van der Waals surface area (Å²) in [5.41, 5.74) is 3.58. The summed E-state index contributed by atoms with van der Waals surface area (Å²) in [4.78, 5) is 26.5. The number of likely N-dealkylation sites (tertiary alicyclic amines) is 1. The van der Waals surface area contributed by atoms with Crippen LogP contribution in [0.1, 0.15) is 74.4 Å². The third kappa shape index (κ3) is 4.07. The number of rotatable bonds is 6. The predicted molar refractivity (Wildman–Crippen MR) is 116 cm³/mol. The second-order valence-corrected chi connectivity index (χ2v) is 9.02. The van der Waals surface area contributed by atoms with Crippen LogP contribution in [0.4, 0.5) is 5.95 Å². The summed E-state index contributed by atoms with van der Waals surface area (Å²) in [7, 11) is 3.86. The van der Waals surface area contributed by atoms with E-state index < -0.39 is 0 Å². The third-order valence-electron chi connectivity index (χ3n) is 6.74. The Hall–Kier alpha value is -2.44. The first-order valence-corrected chi connectivity index (χ1v) is 11.2. The summed E-state index contributed by atoms with van der Waals surface area (Å²) in [5.74, 6) is 2.33. The van der Waals surface area contributed by atoms with E-state index in [0.29, 0.717) is 18.1 Å². The Balaban J connectivity index is 1.63. The van der Waals surface area contributed by atoms with Crippen molar-refractivity contribution in [3.63, 3.8) is 0 Å². The summed E-state index contributed by atoms with van der Waals surface area (Å²) < 4.78 is 5.65. The standard InChI is InChI=1S/C23H33N5O2/c1-15-16(2)26-30-22(15)18-14-24-23(27(3)4)25-21(18)19-10-7-13-28(19)20(29)12-11-17-8-5-6-9-17/h14,17,19H,5-13H2,1-4H3. The fourth-order valence-electron chi connectivity index (χ4n) is 4.82. The Morgan fingerprint density at radius 3 is 2.63 bits per heavy atom. The highest BCUT2D eigenvalue weighted by Gasteiger charge is 2.34. The van der Waals surface area contributed by atoms with Gasteiger partial charge in [-0.1, -0.05) is 30.8 Å².